The van der Waals surface area contributed by atoms with Gasteiger partial charge in [-0.1, -0.05) is 18.2 Å². The number of nitrogens with zero attached hydrogens (tertiary/aromatic N) is 3. The molecule has 2 heterocycles. The van der Waals surface area contributed by atoms with Crippen LogP contribution in [0.5, 0.6) is 11.5 Å². The van der Waals surface area contributed by atoms with Gasteiger partial charge in [-0.05, 0) is 67.4 Å². The fourth-order valence-electron chi connectivity index (χ4n) is 4.25. The van der Waals surface area contributed by atoms with E-state index >= 15 is 0 Å². The number of urea groups is 1. The van der Waals surface area contributed by atoms with Gasteiger partial charge in [-0.2, -0.15) is 5.10 Å². The zero-order valence-electron chi connectivity index (χ0n) is 19.4. The molecule has 8 heteroatoms. The zero-order valence-corrected chi connectivity index (χ0v) is 19.4. The lowest BCUT2D eigenvalue weighted by molar-refractivity contribution is 0.0807. The molecule has 8 nitrogen and oxygen atoms in total. The van der Waals surface area contributed by atoms with E-state index in [1.54, 1.807) is 12.1 Å². The fraction of sp³-hybridized carbons (Fsp3) is 0.259. The number of hydrogen-bond acceptors (Lipinski definition) is 5. The van der Waals surface area contributed by atoms with Crippen molar-refractivity contribution in [2.75, 3.05) is 30.3 Å². The molecule has 1 saturated heterocycles. The van der Waals surface area contributed by atoms with E-state index in [2.05, 4.69) is 20.6 Å². The quantitative estimate of drug-likeness (QED) is 0.356. The van der Waals surface area contributed by atoms with E-state index in [9.17, 15) is 9.90 Å². The molecule has 5 rings (SSSR count). The van der Waals surface area contributed by atoms with E-state index in [4.69, 9.17) is 4.74 Å². The molecule has 0 radical (unpaired) electrons. The number of benzene rings is 3. The zero-order chi connectivity index (χ0) is 24.0. The van der Waals surface area contributed by atoms with Crippen molar-refractivity contribution < 1.29 is 14.6 Å². The highest BCUT2D eigenvalue weighted by atomic mass is 16.5. The second-order valence-corrected chi connectivity index (χ2v) is 8.73. The van der Waals surface area contributed by atoms with Crippen LogP contribution < -0.4 is 15.4 Å². The number of likely N-dealkylation sites (tertiary alicyclic amines) is 1. The number of carbonyl (C=O) groups excluding carboxylic acids is 1. The van der Waals surface area contributed by atoms with Crippen LogP contribution in [0.4, 0.5) is 16.2 Å². The van der Waals surface area contributed by atoms with Gasteiger partial charge < -0.3 is 25.4 Å². The lowest BCUT2D eigenvalue weighted by atomic mass is 10.1. The summed E-state index contributed by atoms with van der Waals surface area (Å²) in [5, 5.41) is 20.9. The number of aliphatic hydroxyl groups is 1. The second kappa shape index (κ2) is 10.6. The Morgan fingerprint density at radius 1 is 0.914 bits per heavy atom. The Morgan fingerprint density at radius 3 is 2.37 bits per heavy atom. The van der Waals surface area contributed by atoms with Crippen molar-refractivity contribution >= 4 is 28.3 Å². The van der Waals surface area contributed by atoms with Gasteiger partial charge in [0.15, 0.2) is 0 Å². The van der Waals surface area contributed by atoms with Gasteiger partial charge in [0.1, 0.15) is 11.5 Å². The number of fused-ring (bicyclic) bond motifs is 1. The number of aliphatic hydroxyl groups excluding tert-OH is 1. The van der Waals surface area contributed by atoms with Gasteiger partial charge in [-0.25, -0.2) is 4.79 Å². The Kier molecular flexibility index (Phi) is 6.92. The average molecular weight is 472 g/mol. The maximum atomic E-state index is 12.5. The van der Waals surface area contributed by atoms with Crippen LogP contribution in [0.3, 0.4) is 0 Å². The van der Waals surface area contributed by atoms with Gasteiger partial charge in [0.2, 0.25) is 0 Å². The molecular weight excluding hydrogens is 442 g/mol. The smallest absolute Gasteiger partial charge is 0.323 e. The molecule has 0 unspecified atom stereocenters. The molecule has 1 aromatic heterocycles. The van der Waals surface area contributed by atoms with E-state index in [0.717, 1.165) is 55.7 Å². The largest absolute Gasteiger partial charge is 0.457 e. The molecule has 1 fully saturated rings. The van der Waals surface area contributed by atoms with E-state index < -0.39 is 0 Å². The first-order chi connectivity index (χ1) is 17.1. The number of nitrogens with one attached hydrogen (secondary N) is 2. The van der Waals surface area contributed by atoms with Gasteiger partial charge >= 0.3 is 6.03 Å². The monoisotopic (exact) mass is 471 g/mol. The summed E-state index contributed by atoms with van der Waals surface area (Å²) in [6.07, 6.45) is 3.34. The number of para-hydroxylation sites is 1. The predicted molar refractivity (Wildman–Crippen MR) is 137 cm³/mol. The minimum absolute atomic E-state index is 0.159. The first-order valence-corrected chi connectivity index (χ1v) is 11.9. The number of anilines is 2. The summed E-state index contributed by atoms with van der Waals surface area (Å²) >= 11 is 0. The first-order valence-electron chi connectivity index (χ1n) is 11.9. The predicted octanol–water partition coefficient (Wildman–Crippen LogP) is 4.93. The van der Waals surface area contributed by atoms with Gasteiger partial charge in [0.05, 0.1) is 24.4 Å². The third-order valence-electron chi connectivity index (χ3n) is 6.18. The van der Waals surface area contributed by atoms with Crippen LogP contribution in [0, 0.1) is 0 Å². The lowest BCUT2D eigenvalue weighted by Crippen LogP contribution is -2.37. The van der Waals surface area contributed by atoms with Crippen molar-refractivity contribution in [3.05, 3.63) is 79.0 Å². The number of amides is 2. The highest BCUT2D eigenvalue weighted by Gasteiger charge is 2.17. The van der Waals surface area contributed by atoms with Crippen LogP contribution in [0.2, 0.25) is 0 Å². The Morgan fingerprint density at radius 2 is 1.60 bits per heavy atom. The van der Waals surface area contributed by atoms with Gasteiger partial charge in [-0.3, -0.25) is 4.68 Å². The third kappa shape index (κ3) is 5.98. The van der Waals surface area contributed by atoms with Crippen molar-refractivity contribution in [3.8, 4) is 11.5 Å². The number of rotatable bonds is 7. The summed E-state index contributed by atoms with van der Waals surface area (Å²) < 4.78 is 7.77. The topological polar surface area (TPSA) is 91.7 Å². The van der Waals surface area contributed by atoms with Crippen LogP contribution in [-0.4, -0.2) is 51.6 Å². The lowest BCUT2D eigenvalue weighted by Gasteiger charge is -2.29. The maximum absolute atomic E-state index is 12.5. The number of carbonyl (C=O) groups is 1. The highest BCUT2D eigenvalue weighted by molar-refractivity contribution is 6.01. The molecule has 0 atom stereocenters. The van der Waals surface area contributed by atoms with E-state index in [0.29, 0.717) is 17.1 Å². The van der Waals surface area contributed by atoms with Crippen molar-refractivity contribution in [1.82, 2.24) is 14.7 Å². The number of piperidine rings is 1. The standard InChI is InChI=1S/C27H29N5O3/c33-23-12-14-31(15-13-23)16-17-32-26-11-8-22(18-20(26)19-28-32)30-27(34)29-21-6-9-25(10-7-21)35-24-4-2-1-3-5-24/h1-11,18-19,23,33H,12-17H2,(H2,29,30,34). The number of hydrogen-bond donors (Lipinski definition) is 3. The van der Waals surface area contributed by atoms with Crippen LogP contribution in [0.25, 0.3) is 10.9 Å². The molecule has 3 aromatic carbocycles. The van der Waals surface area contributed by atoms with E-state index in [1.807, 2.05) is 71.5 Å². The van der Waals surface area contributed by atoms with Crippen molar-refractivity contribution in [3.63, 3.8) is 0 Å². The van der Waals surface area contributed by atoms with E-state index in [-0.39, 0.29) is 12.1 Å². The summed E-state index contributed by atoms with van der Waals surface area (Å²) in [5.74, 6) is 1.46. The summed E-state index contributed by atoms with van der Waals surface area (Å²) in [6.45, 7) is 3.54. The molecule has 4 aromatic rings. The van der Waals surface area contributed by atoms with Gasteiger partial charge in [-0.15, -0.1) is 0 Å². The van der Waals surface area contributed by atoms with Gasteiger partial charge in [0.25, 0.3) is 0 Å². The maximum Gasteiger partial charge on any atom is 0.323 e. The minimum Gasteiger partial charge on any atom is -0.457 e. The Hall–Kier alpha value is -3.88. The van der Waals surface area contributed by atoms with Crippen molar-refractivity contribution in [2.45, 2.75) is 25.5 Å². The summed E-state index contributed by atoms with van der Waals surface area (Å²) in [4.78, 5) is 14.9. The van der Waals surface area contributed by atoms with Crippen molar-refractivity contribution in [1.29, 1.82) is 0 Å². The summed E-state index contributed by atoms with van der Waals surface area (Å²) in [5.41, 5.74) is 2.40. The molecule has 0 aliphatic carbocycles. The Balaban J connectivity index is 1.15. The molecule has 2 amide bonds. The molecule has 35 heavy (non-hydrogen) atoms. The molecular formula is C27H29N5O3. The van der Waals surface area contributed by atoms with Crippen molar-refractivity contribution in [2.24, 2.45) is 0 Å². The third-order valence-corrected chi connectivity index (χ3v) is 6.18. The molecule has 3 N–H and O–H groups in total. The van der Waals surface area contributed by atoms with Gasteiger partial charge in [0, 0.05) is 36.4 Å². The van der Waals surface area contributed by atoms with Crippen LogP contribution >= 0.6 is 0 Å². The number of aromatic nitrogens is 2. The summed E-state index contributed by atoms with van der Waals surface area (Å²) in [6, 6.07) is 22.2. The minimum atomic E-state index is -0.319. The highest BCUT2D eigenvalue weighted by Crippen LogP contribution is 2.23. The fourth-order valence-corrected chi connectivity index (χ4v) is 4.25. The van der Waals surface area contributed by atoms with Crippen LogP contribution in [0.1, 0.15) is 12.8 Å². The Bertz CT molecular complexity index is 1270. The molecule has 0 bridgehead atoms. The van der Waals surface area contributed by atoms with Crippen LogP contribution in [-0.2, 0) is 6.54 Å². The Labute approximate surface area is 204 Å². The normalized spacial score (nSPS) is 14.7. The molecule has 0 spiro atoms. The SMILES string of the molecule is O=C(Nc1ccc(Oc2ccccc2)cc1)Nc1ccc2c(cnn2CCN2CCC(O)CC2)c1. The molecule has 1 aliphatic heterocycles. The second-order valence-electron chi connectivity index (χ2n) is 8.73. The first kappa shape index (κ1) is 22.9. The summed E-state index contributed by atoms with van der Waals surface area (Å²) in [7, 11) is 0. The molecule has 0 saturated carbocycles. The van der Waals surface area contributed by atoms with E-state index in [1.165, 1.54) is 0 Å². The number of ether oxygens (including phenoxy) is 1. The molecule has 1 aliphatic rings. The molecule has 180 valence electrons. The average Bonchev–Trinajstić information content (AvgIpc) is 3.28. The van der Waals surface area contributed by atoms with Crippen LogP contribution in [0.15, 0.2) is 79.0 Å².